The van der Waals surface area contributed by atoms with Crippen molar-refractivity contribution < 1.29 is 18.7 Å². The van der Waals surface area contributed by atoms with Gasteiger partial charge in [0.05, 0.1) is 34.1 Å². The number of carboxylic acids is 1. The maximum atomic E-state index is 12.0. The van der Waals surface area contributed by atoms with Crippen molar-refractivity contribution in [3.05, 3.63) is 59.9 Å². The first-order valence-corrected chi connectivity index (χ1v) is 7.97. The van der Waals surface area contributed by atoms with Gasteiger partial charge in [-0.2, -0.15) is 5.26 Å². The summed E-state index contributed by atoms with van der Waals surface area (Å²) in [7, 11) is 0. The second-order valence-corrected chi connectivity index (χ2v) is 5.70. The molecule has 8 nitrogen and oxygen atoms in total. The van der Waals surface area contributed by atoms with E-state index in [1.165, 1.54) is 36.7 Å². The predicted molar refractivity (Wildman–Crippen MR) is 90.6 cm³/mol. The van der Waals surface area contributed by atoms with Gasteiger partial charge in [0.2, 0.25) is 0 Å². The molecule has 3 aromatic rings. The van der Waals surface area contributed by atoms with E-state index in [0.717, 1.165) is 4.31 Å². The molecule has 3 rings (SSSR count). The van der Waals surface area contributed by atoms with Crippen LogP contribution in [0.1, 0.15) is 15.9 Å². The minimum atomic E-state index is -2.61. The fourth-order valence-electron chi connectivity index (χ4n) is 2.39. The van der Waals surface area contributed by atoms with E-state index in [4.69, 9.17) is 5.26 Å². The molecule has 0 aliphatic rings. The van der Waals surface area contributed by atoms with Crippen LogP contribution in [0, 0.1) is 11.3 Å². The molecule has 0 fully saturated rings. The van der Waals surface area contributed by atoms with E-state index in [9.17, 15) is 18.7 Å². The first-order valence-electron chi connectivity index (χ1n) is 6.91. The predicted octanol–water partition coefficient (Wildman–Crippen LogP) is 2.47. The number of carboxylic acid groups (broad SMARTS) is 1. The Morgan fingerprint density at radius 2 is 1.92 bits per heavy atom. The molecule has 0 aliphatic carbocycles. The summed E-state index contributed by atoms with van der Waals surface area (Å²) in [4.78, 5) is 19.8. The molecule has 9 heteroatoms. The largest absolute Gasteiger partial charge is 0.478 e. The first kappa shape index (κ1) is 16.5. The highest BCUT2D eigenvalue weighted by Crippen LogP contribution is 2.34. The van der Waals surface area contributed by atoms with Gasteiger partial charge in [0.25, 0.3) is 11.3 Å². The maximum absolute atomic E-state index is 12.0. The number of nitriles is 1. The Bertz CT molecular complexity index is 1040. The standard InChI is InChI=1S/C16H10N4O4S/c17-9-10-4-5-11(16(21)22)14(8-10)20(25(23)24)13-3-1-2-12-15(13)19-7-6-18-12/h1-8H,(H,21,22)(H,23,24). The van der Waals surface area contributed by atoms with Gasteiger partial charge in [-0.05, 0) is 30.3 Å². The highest BCUT2D eigenvalue weighted by molar-refractivity contribution is 7.81. The highest BCUT2D eigenvalue weighted by atomic mass is 32.2. The van der Waals surface area contributed by atoms with Gasteiger partial charge in [-0.15, -0.1) is 0 Å². The minimum absolute atomic E-state index is 0.0921. The van der Waals surface area contributed by atoms with Crippen LogP contribution in [0.2, 0.25) is 0 Å². The van der Waals surface area contributed by atoms with Crippen molar-refractivity contribution in [2.24, 2.45) is 0 Å². The summed E-state index contributed by atoms with van der Waals surface area (Å²) in [5.74, 6) is -1.29. The number of carbonyl (C=O) groups is 1. The number of fused-ring (bicyclic) bond motifs is 1. The van der Waals surface area contributed by atoms with Crippen LogP contribution in [0.15, 0.2) is 48.8 Å². The Kier molecular flexibility index (Phi) is 4.38. The van der Waals surface area contributed by atoms with Crippen LogP contribution in [0.3, 0.4) is 0 Å². The van der Waals surface area contributed by atoms with E-state index in [1.54, 1.807) is 12.1 Å². The van der Waals surface area contributed by atoms with Crippen molar-refractivity contribution >= 4 is 39.6 Å². The Morgan fingerprint density at radius 3 is 2.60 bits per heavy atom. The van der Waals surface area contributed by atoms with E-state index >= 15 is 0 Å². The summed E-state index contributed by atoms with van der Waals surface area (Å²) in [6.45, 7) is 0. The molecule has 1 heterocycles. The maximum Gasteiger partial charge on any atom is 0.337 e. The Hall–Kier alpha value is -3.35. The van der Waals surface area contributed by atoms with Gasteiger partial charge in [0.15, 0.2) is 0 Å². The quantitative estimate of drug-likeness (QED) is 0.689. The average Bonchev–Trinajstić information content (AvgIpc) is 2.61. The summed E-state index contributed by atoms with van der Waals surface area (Å²) in [6, 6.07) is 10.5. The number of nitrogens with zero attached hydrogens (tertiary/aromatic N) is 4. The molecule has 0 saturated carbocycles. The van der Waals surface area contributed by atoms with Crippen LogP contribution in [0.25, 0.3) is 11.0 Å². The number of hydrogen-bond acceptors (Lipinski definition) is 5. The second kappa shape index (κ2) is 6.64. The van der Waals surface area contributed by atoms with Gasteiger partial charge in [-0.3, -0.25) is 14.5 Å². The van der Waals surface area contributed by atoms with Crippen molar-refractivity contribution in [2.45, 2.75) is 0 Å². The molecule has 1 unspecified atom stereocenters. The molecular weight excluding hydrogens is 344 g/mol. The monoisotopic (exact) mass is 354 g/mol. The van der Waals surface area contributed by atoms with E-state index in [2.05, 4.69) is 9.97 Å². The van der Waals surface area contributed by atoms with Gasteiger partial charge < -0.3 is 5.11 Å². The Morgan fingerprint density at radius 1 is 1.16 bits per heavy atom. The van der Waals surface area contributed by atoms with Gasteiger partial charge in [-0.25, -0.2) is 13.3 Å². The summed E-state index contributed by atoms with van der Waals surface area (Å²) >= 11 is -2.61. The normalized spacial score (nSPS) is 11.7. The van der Waals surface area contributed by atoms with Crippen molar-refractivity contribution in [2.75, 3.05) is 4.31 Å². The van der Waals surface area contributed by atoms with Crippen LogP contribution in [-0.4, -0.2) is 29.8 Å². The summed E-state index contributed by atoms with van der Waals surface area (Å²) in [6.07, 6.45) is 2.90. The molecule has 2 N–H and O–H groups in total. The molecule has 0 bridgehead atoms. The second-order valence-electron chi connectivity index (χ2n) is 4.88. The van der Waals surface area contributed by atoms with Crippen molar-refractivity contribution in [1.82, 2.24) is 9.97 Å². The van der Waals surface area contributed by atoms with Crippen LogP contribution >= 0.6 is 0 Å². The molecule has 1 atom stereocenters. The first-order chi connectivity index (χ1) is 12.0. The lowest BCUT2D eigenvalue weighted by atomic mass is 10.1. The molecule has 1 aromatic heterocycles. The number of benzene rings is 2. The fraction of sp³-hybridized carbons (Fsp3) is 0. The number of hydrogen-bond donors (Lipinski definition) is 2. The summed E-state index contributed by atoms with van der Waals surface area (Å²) in [5, 5.41) is 18.5. The molecule has 25 heavy (non-hydrogen) atoms. The molecule has 0 amide bonds. The highest BCUT2D eigenvalue weighted by Gasteiger charge is 2.24. The zero-order valence-electron chi connectivity index (χ0n) is 12.5. The number of para-hydroxylation sites is 1. The van der Waals surface area contributed by atoms with Crippen LogP contribution in [0.5, 0.6) is 0 Å². The molecule has 0 aliphatic heterocycles. The van der Waals surface area contributed by atoms with Crippen LogP contribution in [0.4, 0.5) is 11.4 Å². The lowest BCUT2D eigenvalue weighted by Gasteiger charge is -2.22. The zero-order chi connectivity index (χ0) is 18.0. The van der Waals surface area contributed by atoms with Gasteiger partial charge in [0, 0.05) is 12.4 Å². The number of rotatable bonds is 4. The summed E-state index contributed by atoms with van der Waals surface area (Å²) < 4.78 is 22.8. The topological polar surface area (TPSA) is 127 Å². The molecule has 0 spiro atoms. The number of anilines is 2. The van der Waals surface area contributed by atoms with E-state index in [-0.39, 0.29) is 22.5 Å². The third-order valence-corrected chi connectivity index (χ3v) is 4.13. The van der Waals surface area contributed by atoms with E-state index in [1.807, 2.05) is 6.07 Å². The van der Waals surface area contributed by atoms with E-state index in [0.29, 0.717) is 11.0 Å². The third kappa shape index (κ3) is 3.03. The fourth-order valence-corrected chi connectivity index (χ4v) is 3.02. The number of aromatic nitrogens is 2. The van der Waals surface area contributed by atoms with Crippen molar-refractivity contribution in [1.29, 1.82) is 5.26 Å². The van der Waals surface area contributed by atoms with Crippen molar-refractivity contribution in [3.63, 3.8) is 0 Å². The minimum Gasteiger partial charge on any atom is -0.478 e. The number of aromatic carboxylic acids is 1. The molecule has 0 saturated heterocycles. The molecule has 0 radical (unpaired) electrons. The third-order valence-electron chi connectivity index (χ3n) is 3.43. The Balaban J connectivity index is 2.33. The average molecular weight is 354 g/mol. The van der Waals surface area contributed by atoms with Crippen molar-refractivity contribution in [3.8, 4) is 6.07 Å². The lowest BCUT2D eigenvalue weighted by molar-refractivity contribution is 0.0698. The van der Waals surface area contributed by atoms with Gasteiger partial charge >= 0.3 is 5.97 Å². The van der Waals surface area contributed by atoms with Gasteiger partial charge in [-0.1, -0.05) is 6.07 Å². The van der Waals surface area contributed by atoms with Crippen LogP contribution < -0.4 is 4.31 Å². The Labute approximate surface area is 144 Å². The molecular formula is C16H10N4O4S. The smallest absolute Gasteiger partial charge is 0.337 e. The van der Waals surface area contributed by atoms with Gasteiger partial charge in [0.1, 0.15) is 5.52 Å². The van der Waals surface area contributed by atoms with E-state index < -0.39 is 17.2 Å². The summed E-state index contributed by atoms with van der Waals surface area (Å²) in [5.41, 5.74) is 0.841. The molecule has 124 valence electrons. The lowest BCUT2D eigenvalue weighted by Crippen LogP contribution is -2.22. The van der Waals surface area contributed by atoms with Crippen LogP contribution in [-0.2, 0) is 11.3 Å². The molecule has 2 aromatic carbocycles. The zero-order valence-corrected chi connectivity index (χ0v) is 13.3. The SMILES string of the molecule is N#Cc1ccc(C(=O)O)c(N(c2cccc3nccnc23)S(=O)O)c1.